The molecule has 0 bridgehead atoms. The van der Waals surface area contributed by atoms with Crippen molar-refractivity contribution < 1.29 is 47.2 Å². The number of likely N-dealkylation sites (tertiary alicyclic amines) is 1. The summed E-state index contributed by atoms with van der Waals surface area (Å²) in [4.78, 5) is 41.3. The number of ether oxygens (including phenoxy) is 6. The van der Waals surface area contributed by atoms with E-state index in [9.17, 15) is 14.4 Å². The number of carbonyl (C=O) groups is 3. The normalized spacial score (nSPS) is 15.9. The van der Waals surface area contributed by atoms with Crippen molar-refractivity contribution in [3.63, 3.8) is 0 Å². The lowest BCUT2D eigenvalue weighted by atomic mass is 9.99. The standard InChI is InChI=1S/C58H105NO10Si/c1-9-12-15-18-21-22-23-24-25-26-27-28-29-30-33-38-55(60)65-48-53(50-68-57(62)67-47-52-37-36-41-59(46-52)42-45-69-70(7,8)58(4,5)6)49-66-56(61)40-39-54(64-44-35-32-20-17-14-11-3)51-63-43-34-31-19-16-13-10-2/h13-14,16-17,21-22,24-25,52-54H,9-12,15,18-20,23,26-51H2,1-8H3/b16-13-,17-14-,22-21-,25-24-. The third-order valence-electron chi connectivity index (χ3n) is 13.3. The molecule has 0 N–H and O–H groups in total. The molecular weight excluding hydrogens is 899 g/mol. The third kappa shape index (κ3) is 37.9. The van der Waals surface area contributed by atoms with Gasteiger partial charge in [-0.1, -0.05) is 122 Å². The zero-order valence-corrected chi connectivity index (χ0v) is 47.1. The van der Waals surface area contributed by atoms with Gasteiger partial charge in [-0.05, 0) is 134 Å². The molecule has 3 atom stereocenters. The first-order valence-corrected chi connectivity index (χ1v) is 31.0. The van der Waals surface area contributed by atoms with Crippen molar-refractivity contribution in [2.24, 2.45) is 11.8 Å². The SMILES string of the molecule is CC/C=C\CCCCOCC(CCC(=O)OCC(COC(=O)CCCCCCC/C=C\C/C=C\CCCCC)COC(=O)OCC1CCCN(CCO[Si](C)(C)C(C)(C)C)C1)OCCCC/C=C\CC. The molecular formula is C58H105NO10Si. The Labute approximate surface area is 429 Å². The molecule has 1 aliphatic rings. The summed E-state index contributed by atoms with van der Waals surface area (Å²) in [5.41, 5.74) is 0. The van der Waals surface area contributed by atoms with Crippen LogP contribution in [0.4, 0.5) is 4.79 Å². The minimum Gasteiger partial charge on any atom is -0.465 e. The fourth-order valence-corrected chi connectivity index (χ4v) is 8.73. The van der Waals surface area contributed by atoms with Crippen LogP contribution in [-0.4, -0.2) is 110 Å². The zero-order valence-electron chi connectivity index (χ0n) is 46.1. The first-order valence-electron chi connectivity index (χ1n) is 28.1. The number of unbranched alkanes of at least 4 members (excludes halogenated alkanes) is 12. The Kier molecular flexibility index (Phi) is 40.8. The van der Waals surface area contributed by atoms with Gasteiger partial charge in [0.15, 0.2) is 8.32 Å². The molecule has 12 heteroatoms. The van der Waals surface area contributed by atoms with Gasteiger partial charge < -0.3 is 37.7 Å². The first-order chi connectivity index (χ1) is 33.8. The maximum absolute atomic E-state index is 13.1. The second-order valence-corrected chi connectivity index (χ2v) is 25.7. The van der Waals surface area contributed by atoms with Crippen molar-refractivity contribution in [3.05, 3.63) is 48.6 Å². The van der Waals surface area contributed by atoms with Gasteiger partial charge in [0.25, 0.3) is 0 Å². The highest BCUT2D eigenvalue weighted by Crippen LogP contribution is 2.36. The van der Waals surface area contributed by atoms with Crippen molar-refractivity contribution in [1.29, 1.82) is 0 Å². The minimum atomic E-state index is -1.81. The Balaban J connectivity index is 2.68. The quantitative estimate of drug-likeness (QED) is 0.0191. The number of esters is 2. The van der Waals surface area contributed by atoms with Crippen molar-refractivity contribution in [1.82, 2.24) is 4.90 Å². The van der Waals surface area contributed by atoms with E-state index >= 15 is 0 Å². The molecule has 0 spiro atoms. The van der Waals surface area contributed by atoms with E-state index < -0.39 is 20.4 Å². The molecule has 3 unspecified atom stereocenters. The smallest absolute Gasteiger partial charge is 0.465 e. The highest BCUT2D eigenvalue weighted by atomic mass is 28.4. The predicted octanol–water partition coefficient (Wildman–Crippen LogP) is 14.8. The molecule has 1 rings (SSSR count). The fraction of sp³-hybridized carbons (Fsp3) is 0.810. The Morgan fingerprint density at radius 2 is 1.20 bits per heavy atom. The third-order valence-corrected chi connectivity index (χ3v) is 17.8. The number of carbonyl (C=O) groups excluding carboxylic acids is 3. The van der Waals surface area contributed by atoms with Gasteiger partial charge in [-0.2, -0.15) is 0 Å². The summed E-state index contributed by atoms with van der Waals surface area (Å²) in [6.45, 7) is 23.0. The topological polar surface area (TPSA) is 119 Å². The first kappa shape index (κ1) is 65.2. The summed E-state index contributed by atoms with van der Waals surface area (Å²) in [5, 5.41) is 0.168. The number of piperidine rings is 1. The largest absolute Gasteiger partial charge is 0.508 e. The molecule has 406 valence electrons. The van der Waals surface area contributed by atoms with Gasteiger partial charge in [0.2, 0.25) is 0 Å². The van der Waals surface area contributed by atoms with Crippen LogP contribution >= 0.6 is 0 Å². The molecule has 1 saturated heterocycles. The lowest BCUT2D eigenvalue weighted by molar-refractivity contribution is -0.150. The van der Waals surface area contributed by atoms with Crippen LogP contribution < -0.4 is 0 Å². The molecule has 11 nitrogen and oxygen atoms in total. The highest BCUT2D eigenvalue weighted by Gasteiger charge is 2.37. The van der Waals surface area contributed by atoms with Gasteiger partial charge >= 0.3 is 18.1 Å². The summed E-state index contributed by atoms with van der Waals surface area (Å²) < 4.78 is 41.2. The van der Waals surface area contributed by atoms with Gasteiger partial charge in [-0.3, -0.25) is 9.59 Å². The average molecular weight is 1000 g/mol. The van der Waals surface area contributed by atoms with Crippen molar-refractivity contribution in [3.8, 4) is 0 Å². The number of nitrogens with zero attached hydrogens (tertiary/aromatic N) is 1. The van der Waals surface area contributed by atoms with Gasteiger partial charge in [0.1, 0.15) is 19.8 Å². The van der Waals surface area contributed by atoms with Crippen LogP contribution in [0.3, 0.4) is 0 Å². The van der Waals surface area contributed by atoms with Crippen LogP contribution in [0.5, 0.6) is 0 Å². The van der Waals surface area contributed by atoms with Crippen LogP contribution in [-0.2, 0) is 42.4 Å². The van der Waals surface area contributed by atoms with Crippen LogP contribution in [0.15, 0.2) is 48.6 Å². The van der Waals surface area contributed by atoms with E-state index in [1.165, 1.54) is 25.7 Å². The van der Waals surface area contributed by atoms with Crippen molar-refractivity contribution >= 4 is 26.4 Å². The van der Waals surface area contributed by atoms with Crippen LogP contribution in [0.25, 0.3) is 0 Å². The summed E-state index contributed by atoms with van der Waals surface area (Å²) in [6, 6.07) is 0. The fourth-order valence-electron chi connectivity index (χ4n) is 7.70. The Bertz CT molecular complexity index is 1410. The maximum atomic E-state index is 13.1. The molecule has 1 fully saturated rings. The molecule has 0 aromatic heterocycles. The van der Waals surface area contributed by atoms with Crippen LogP contribution in [0.1, 0.15) is 196 Å². The van der Waals surface area contributed by atoms with Crippen LogP contribution in [0.2, 0.25) is 18.1 Å². The summed E-state index contributed by atoms with van der Waals surface area (Å²) in [5.74, 6) is -1.03. The van der Waals surface area contributed by atoms with E-state index in [1.54, 1.807) is 0 Å². The Hall–Kier alpha value is -2.77. The van der Waals surface area contributed by atoms with E-state index in [2.05, 4.69) is 108 Å². The number of allylic oxidation sites excluding steroid dienone is 8. The van der Waals surface area contributed by atoms with Gasteiger partial charge in [-0.25, -0.2) is 4.79 Å². The van der Waals surface area contributed by atoms with Crippen molar-refractivity contribution in [2.45, 2.75) is 220 Å². The molecule has 70 heavy (non-hydrogen) atoms. The monoisotopic (exact) mass is 1000 g/mol. The summed E-state index contributed by atoms with van der Waals surface area (Å²) >= 11 is 0. The number of hydrogen-bond donors (Lipinski definition) is 0. The molecule has 0 aromatic carbocycles. The number of hydrogen-bond acceptors (Lipinski definition) is 11. The van der Waals surface area contributed by atoms with E-state index in [-0.39, 0.29) is 61.8 Å². The summed E-state index contributed by atoms with van der Waals surface area (Å²) in [6.07, 6.45) is 40.2. The molecule has 1 aliphatic heterocycles. The summed E-state index contributed by atoms with van der Waals surface area (Å²) in [7, 11) is -1.81. The van der Waals surface area contributed by atoms with E-state index in [4.69, 9.17) is 32.8 Å². The molecule has 0 aliphatic carbocycles. The molecule has 0 aromatic rings. The number of rotatable bonds is 44. The Morgan fingerprint density at radius 1 is 0.629 bits per heavy atom. The molecule has 1 heterocycles. The van der Waals surface area contributed by atoms with Crippen LogP contribution in [0, 0.1) is 11.8 Å². The molecule has 0 radical (unpaired) electrons. The minimum absolute atomic E-state index is 0.0323. The second kappa shape index (κ2) is 43.8. The maximum Gasteiger partial charge on any atom is 0.508 e. The van der Waals surface area contributed by atoms with Gasteiger partial charge in [0, 0.05) is 51.7 Å². The highest BCUT2D eigenvalue weighted by molar-refractivity contribution is 6.74. The average Bonchev–Trinajstić information content (AvgIpc) is 3.33. The Morgan fingerprint density at radius 3 is 1.84 bits per heavy atom. The van der Waals surface area contributed by atoms with E-state index in [0.29, 0.717) is 39.3 Å². The lowest BCUT2D eigenvalue weighted by Gasteiger charge is -2.38. The lowest BCUT2D eigenvalue weighted by Crippen LogP contribution is -2.44. The van der Waals surface area contributed by atoms with Crippen molar-refractivity contribution in [2.75, 3.05) is 72.5 Å². The van der Waals surface area contributed by atoms with Gasteiger partial charge in [0.05, 0.1) is 25.2 Å². The molecule has 0 amide bonds. The zero-order chi connectivity index (χ0) is 51.4. The van der Waals surface area contributed by atoms with E-state index in [1.807, 2.05) is 0 Å². The van der Waals surface area contributed by atoms with E-state index in [0.717, 1.165) is 129 Å². The molecule has 0 saturated carbocycles. The predicted molar refractivity (Wildman–Crippen MR) is 291 cm³/mol. The second-order valence-electron chi connectivity index (χ2n) is 20.9. The van der Waals surface area contributed by atoms with Gasteiger partial charge in [-0.15, -0.1) is 0 Å².